The van der Waals surface area contributed by atoms with Crippen LogP contribution in [0.1, 0.15) is 6.42 Å². The molecule has 0 saturated heterocycles. The lowest BCUT2D eigenvalue weighted by Crippen LogP contribution is -2.40. The van der Waals surface area contributed by atoms with Gasteiger partial charge in [0.15, 0.2) is 11.5 Å². The summed E-state index contributed by atoms with van der Waals surface area (Å²) in [7, 11) is 0. The van der Waals surface area contributed by atoms with Crippen molar-refractivity contribution in [3.63, 3.8) is 0 Å². The molecule has 5 heteroatoms. The van der Waals surface area contributed by atoms with Gasteiger partial charge >= 0.3 is 0 Å². The maximum Gasteiger partial charge on any atom is 0.221 e. The molecule has 2 aromatic carbocycles. The second kappa shape index (κ2) is 6.89. The minimum Gasteiger partial charge on any atom is -0.486 e. The van der Waals surface area contributed by atoms with Gasteiger partial charge in [0.2, 0.25) is 5.91 Å². The molecule has 4 rings (SSSR count). The van der Waals surface area contributed by atoms with Gasteiger partial charge in [-0.05, 0) is 29.7 Å². The topological polar surface area (TPSA) is 52.5 Å². The average molecular weight is 336 g/mol. The Morgan fingerprint density at radius 2 is 1.88 bits per heavy atom. The van der Waals surface area contributed by atoms with Crippen LogP contribution in [-0.2, 0) is 11.3 Å². The van der Waals surface area contributed by atoms with Gasteiger partial charge in [-0.25, -0.2) is 0 Å². The Balaban J connectivity index is 1.27. The van der Waals surface area contributed by atoms with Gasteiger partial charge in [0.25, 0.3) is 0 Å². The normalized spacial score (nSPS) is 15.9. The lowest BCUT2D eigenvalue weighted by molar-refractivity contribution is -0.121. The maximum atomic E-state index is 12.1. The average Bonchev–Trinajstić information content (AvgIpc) is 3.08. The van der Waals surface area contributed by atoms with Gasteiger partial charge < -0.3 is 19.4 Å². The first-order valence-corrected chi connectivity index (χ1v) is 8.49. The van der Waals surface area contributed by atoms with Gasteiger partial charge in [0.05, 0.1) is 6.54 Å². The molecule has 0 aliphatic carbocycles. The number of amides is 1. The molecule has 0 spiro atoms. The lowest BCUT2D eigenvalue weighted by atomic mass is 10.2. The van der Waals surface area contributed by atoms with Crippen LogP contribution in [-0.4, -0.2) is 29.7 Å². The summed E-state index contributed by atoms with van der Waals surface area (Å²) in [5.74, 6) is 1.50. The fraction of sp³-hybridized carbons (Fsp3) is 0.250. The molecule has 0 radical (unpaired) electrons. The number of nitrogens with one attached hydrogen (secondary N) is 1. The third kappa shape index (κ3) is 3.45. The number of aromatic nitrogens is 1. The summed E-state index contributed by atoms with van der Waals surface area (Å²) in [4.78, 5) is 12.1. The number of carbonyl (C=O) groups excluding carboxylic acids is 1. The van der Waals surface area contributed by atoms with Crippen molar-refractivity contribution < 1.29 is 14.3 Å². The Hall–Kier alpha value is -2.95. The van der Waals surface area contributed by atoms with Crippen LogP contribution in [0.3, 0.4) is 0 Å². The van der Waals surface area contributed by atoms with Gasteiger partial charge in [0, 0.05) is 24.7 Å². The lowest BCUT2D eigenvalue weighted by Gasteiger charge is -2.26. The quantitative estimate of drug-likeness (QED) is 0.779. The summed E-state index contributed by atoms with van der Waals surface area (Å²) >= 11 is 0. The van der Waals surface area contributed by atoms with Crippen molar-refractivity contribution in [1.29, 1.82) is 0 Å². The number of ether oxygens (including phenoxy) is 2. The number of rotatable bonds is 5. The number of benzene rings is 2. The second-order valence-electron chi connectivity index (χ2n) is 6.12. The minimum absolute atomic E-state index is 0.0141. The van der Waals surface area contributed by atoms with Crippen LogP contribution in [0.5, 0.6) is 11.5 Å². The van der Waals surface area contributed by atoms with Gasteiger partial charge in [-0.15, -0.1) is 0 Å². The highest BCUT2D eigenvalue weighted by Crippen LogP contribution is 2.30. The molecule has 3 aromatic rings. The van der Waals surface area contributed by atoms with Crippen molar-refractivity contribution in [1.82, 2.24) is 9.88 Å². The Bertz CT molecular complexity index is 887. The van der Waals surface area contributed by atoms with Gasteiger partial charge in [-0.1, -0.05) is 30.3 Å². The summed E-state index contributed by atoms with van der Waals surface area (Å²) in [6, 6.07) is 17.8. The SMILES string of the molecule is O=C(CCn1ccc2ccccc21)NCC1COc2ccccc2O1. The number of hydrogen-bond donors (Lipinski definition) is 1. The van der Waals surface area contributed by atoms with Crippen LogP contribution >= 0.6 is 0 Å². The van der Waals surface area contributed by atoms with Crippen molar-refractivity contribution in [2.24, 2.45) is 0 Å². The van der Waals surface area contributed by atoms with E-state index in [1.54, 1.807) is 0 Å². The monoisotopic (exact) mass is 336 g/mol. The largest absolute Gasteiger partial charge is 0.486 e. The Morgan fingerprint density at radius 3 is 2.80 bits per heavy atom. The van der Waals surface area contributed by atoms with Crippen molar-refractivity contribution in [3.05, 3.63) is 60.8 Å². The molecule has 5 nitrogen and oxygen atoms in total. The molecule has 1 aliphatic rings. The van der Waals surface area contributed by atoms with E-state index in [4.69, 9.17) is 9.47 Å². The van der Waals surface area contributed by atoms with Gasteiger partial charge in [-0.2, -0.15) is 0 Å². The summed E-state index contributed by atoms with van der Waals surface area (Å²) < 4.78 is 13.6. The van der Waals surface area contributed by atoms with E-state index >= 15 is 0 Å². The molecule has 1 N–H and O–H groups in total. The first-order chi connectivity index (χ1) is 12.3. The second-order valence-corrected chi connectivity index (χ2v) is 6.12. The number of para-hydroxylation sites is 3. The van der Waals surface area contributed by atoms with E-state index < -0.39 is 0 Å². The standard InChI is InChI=1S/C20H20N2O3/c23-20(10-12-22-11-9-15-5-1-2-6-17(15)22)21-13-16-14-24-18-7-3-4-8-19(18)25-16/h1-9,11,16H,10,12-14H2,(H,21,23). The van der Waals surface area contributed by atoms with E-state index in [0.29, 0.717) is 26.1 Å². The zero-order valence-electron chi connectivity index (χ0n) is 13.9. The van der Waals surface area contributed by atoms with E-state index in [0.717, 1.165) is 17.0 Å². The van der Waals surface area contributed by atoms with Crippen LogP contribution in [0, 0.1) is 0 Å². The number of carbonyl (C=O) groups is 1. The molecular weight excluding hydrogens is 316 g/mol. The molecule has 1 aromatic heterocycles. The molecule has 0 bridgehead atoms. The predicted octanol–water partition coefficient (Wildman–Crippen LogP) is 2.99. The van der Waals surface area contributed by atoms with Crippen molar-refractivity contribution in [2.45, 2.75) is 19.1 Å². The summed E-state index contributed by atoms with van der Waals surface area (Å²) in [6.07, 6.45) is 2.29. The van der Waals surface area contributed by atoms with E-state index in [1.807, 2.05) is 42.6 Å². The number of fused-ring (bicyclic) bond motifs is 2. The molecule has 128 valence electrons. The van der Waals surface area contributed by atoms with Gasteiger partial charge in [-0.3, -0.25) is 4.79 Å². The Morgan fingerprint density at radius 1 is 1.08 bits per heavy atom. The third-order valence-corrected chi connectivity index (χ3v) is 4.35. The van der Waals surface area contributed by atoms with Crippen molar-refractivity contribution in [2.75, 3.05) is 13.2 Å². The molecule has 25 heavy (non-hydrogen) atoms. The number of aryl methyl sites for hydroxylation is 1. The highest BCUT2D eigenvalue weighted by molar-refractivity contribution is 5.80. The van der Waals surface area contributed by atoms with Crippen molar-refractivity contribution in [3.8, 4) is 11.5 Å². The zero-order valence-corrected chi connectivity index (χ0v) is 13.9. The van der Waals surface area contributed by atoms with E-state index in [-0.39, 0.29) is 12.0 Å². The first-order valence-electron chi connectivity index (χ1n) is 8.49. The fourth-order valence-electron chi connectivity index (χ4n) is 3.04. The van der Waals surface area contributed by atoms with Crippen LogP contribution in [0.15, 0.2) is 60.8 Å². The predicted molar refractivity (Wildman–Crippen MR) is 95.9 cm³/mol. The van der Waals surface area contributed by atoms with Crippen molar-refractivity contribution >= 4 is 16.8 Å². The van der Waals surface area contributed by atoms with Crippen LogP contribution in [0.25, 0.3) is 10.9 Å². The van der Waals surface area contributed by atoms with Crippen LogP contribution in [0.2, 0.25) is 0 Å². The molecular formula is C20H20N2O3. The van der Waals surface area contributed by atoms with Gasteiger partial charge in [0.1, 0.15) is 12.7 Å². The van der Waals surface area contributed by atoms with E-state index in [9.17, 15) is 4.79 Å². The molecule has 0 fully saturated rings. The first kappa shape index (κ1) is 15.6. The molecule has 2 heterocycles. The van der Waals surface area contributed by atoms with E-state index in [2.05, 4.69) is 28.1 Å². The molecule has 1 atom stereocenters. The number of nitrogens with zero attached hydrogens (tertiary/aromatic N) is 1. The zero-order chi connectivity index (χ0) is 17.1. The highest BCUT2D eigenvalue weighted by Gasteiger charge is 2.20. The molecule has 1 aliphatic heterocycles. The van der Waals surface area contributed by atoms with Crippen LogP contribution < -0.4 is 14.8 Å². The summed E-state index contributed by atoms with van der Waals surface area (Å²) in [6.45, 7) is 1.54. The summed E-state index contributed by atoms with van der Waals surface area (Å²) in [5.41, 5.74) is 1.15. The summed E-state index contributed by atoms with van der Waals surface area (Å²) in [5, 5.41) is 4.13. The smallest absolute Gasteiger partial charge is 0.221 e. The number of hydrogen-bond acceptors (Lipinski definition) is 3. The Labute approximate surface area is 146 Å². The fourth-order valence-corrected chi connectivity index (χ4v) is 3.04. The Kier molecular flexibility index (Phi) is 4.29. The van der Waals surface area contributed by atoms with Crippen LogP contribution in [0.4, 0.5) is 0 Å². The minimum atomic E-state index is -0.161. The molecule has 0 saturated carbocycles. The molecule has 1 unspecified atom stereocenters. The maximum absolute atomic E-state index is 12.1. The third-order valence-electron chi connectivity index (χ3n) is 4.35. The highest BCUT2D eigenvalue weighted by atomic mass is 16.6. The molecule has 1 amide bonds. The van der Waals surface area contributed by atoms with E-state index in [1.165, 1.54) is 5.39 Å².